The van der Waals surface area contributed by atoms with Crippen LogP contribution >= 0.6 is 12.2 Å². The van der Waals surface area contributed by atoms with Gasteiger partial charge < -0.3 is 11.1 Å². The molecule has 0 spiro atoms. The van der Waals surface area contributed by atoms with Crippen molar-refractivity contribution in [3.63, 3.8) is 0 Å². The van der Waals surface area contributed by atoms with Gasteiger partial charge >= 0.3 is 0 Å². The first-order chi connectivity index (χ1) is 8.44. The van der Waals surface area contributed by atoms with E-state index in [9.17, 15) is 13.6 Å². The van der Waals surface area contributed by atoms with Crippen LogP contribution in [0.5, 0.6) is 0 Å². The number of halogens is 2. The fourth-order valence-corrected chi connectivity index (χ4v) is 2.29. The first-order valence-corrected chi connectivity index (χ1v) is 5.92. The molecule has 3 N–H and O–H groups in total. The number of carbonyl (C=O) groups excluding carboxylic acids is 1. The second kappa shape index (κ2) is 4.61. The number of benzene rings is 1. The summed E-state index contributed by atoms with van der Waals surface area (Å²) in [5.74, 6) is -1.89. The van der Waals surface area contributed by atoms with E-state index in [1.54, 1.807) is 0 Å². The van der Waals surface area contributed by atoms with Crippen LogP contribution in [0.4, 0.5) is 14.5 Å². The molecule has 0 radical (unpaired) electrons. The van der Waals surface area contributed by atoms with Gasteiger partial charge in [-0.2, -0.15) is 0 Å². The zero-order valence-corrected chi connectivity index (χ0v) is 10.3. The number of rotatable bonds is 3. The summed E-state index contributed by atoms with van der Waals surface area (Å²) in [4.78, 5) is 12.2. The highest BCUT2D eigenvalue weighted by atomic mass is 32.1. The third-order valence-electron chi connectivity index (χ3n) is 3.23. The van der Waals surface area contributed by atoms with Gasteiger partial charge in [-0.15, -0.1) is 0 Å². The molecule has 1 aromatic rings. The van der Waals surface area contributed by atoms with Gasteiger partial charge in [-0.25, -0.2) is 8.78 Å². The third-order valence-corrected chi connectivity index (χ3v) is 3.62. The van der Waals surface area contributed by atoms with E-state index in [-0.39, 0.29) is 10.7 Å². The molecule has 2 rings (SSSR count). The molecule has 1 aliphatic rings. The largest absolute Gasteiger partial charge is 0.392 e. The minimum Gasteiger partial charge on any atom is -0.392 e. The summed E-state index contributed by atoms with van der Waals surface area (Å²) in [6.45, 7) is 0. The maximum Gasteiger partial charge on any atom is 0.237 e. The molecule has 18 heavy (non-hydrogen) atoms. The molecule has 0 aliphatic heterocycles. The van der Waals surface area contributed by atoms with Crippen LogP contribution in [0.2, 0.25) is 0 Å². The van der Waals surface area contributed by atoms with Gasteiger partial charge in [-0.1, -0.05) is 18.6 Å². The average molecular weight is 270 g/mol. The summed E-state index contributed by atoms with van der Waals surface area (Å²) in [7, 11) is 0. The van der Waals surface area contributed by atoms with Crippen molar-refractivity contribution in [2.45, 2.75) is 19.3 Å². The van der Waals surface area contributed by atoms with Crippen molar-refractivity contribution in [3.05, 3.63) is 29.8 Å². The highest BCUT2D eigenvalue weighted by Gasteiger charge is 2.46. The lowest BCUT2D eigenvalue weighted by Crippen LogP contribution is -2.50. The lowest BCUT2D eigenvalue weighted by atomic mass is 9.68. The van der Waals surface area contributed by atoms with Crippen molar-refractivity contribution < 1.29 is 13.6 Å². The highest BCUT2D eigenvalue weighted by Crippen LogP contribution is 2.42. The quantitative estimate of drug-likeness (QED) is 0.829. The fraction of sp³-hybridized carbons (Fsp3) is 0.333. The van der Waals surface area contributed by atoms with E-state index in [2.05, 4.69) is 5.32 Å². The van der Waals surface area contributed by atoms with Crippen molar-refractivity contribution in [3.8, 4) is 0 Å². The molecule has 0 atom stereocenters. The van der Waals surface area contributed by atoms with Crippen LogP contribution in [0, 0.1) is 17.0 Å². The van der Waals surface area contributed by atoms with Gasteiger partial charge in [0.15, 0.2) is 0 Å². The summed E-state index contributed by atoms with van der Waals surface area (Å²) in [5, 5.41) is 2.46. The lowest BCUT2D eigenvalue weighted by Gasteiger charge is -2.39. The Morgan fingerprint density at radius 3 is 2.22 bits per heavy atom. The molecule has 1 fully saturated rings. The van der Waals surface area contributed by atoms with Crippen molar-refractivity contribution >= 4 is 28.8 Å². The van der Waals surface area contributed by atoms with Gasteiger partial charge in [-0.05, 0) is 25.0 Å². The SMILES string of the molecule is NC(=S)C1(C(=O)Nc2cc(F)cc(F)c2)CCC1. The van der Waals surface area contributed by atoms with Crippen LogP contribution in [-0.4, -0.2) is 10.9 Å². The number of nitrogens with two attached hydrogens (primary N) is 1. The van der Waals surface area contributed by atoms with Crippen molar-refractivity contribution in [1.82, 2.24) is 0 Å². The molecule has 1 aromatic carbocycles. The average Bonchev–Trinajstić information content (AvgIpc) is 2.11. The summed E-state index contributed by atoms with van der Waals surface area (Å²) < 4.78 is 26.0. The first kappa shape index (κ1) is 12.9. The molecule has 0 unspecified atom stereocenters. The van der Waals surface area contributed by atoms with E-state index in [1.807, 2.05) is 0 Å². The van der Waals surface area contributed by atoms with Crippen molar-refractivity contribution in [2.75, 3.05) is 5.32 Å². The molecule has 1 aliphatic carbocycles. The number of amides is 1. The Morgan fingerprint density at radius 2 is 1.83 bits per heavy atom. The van der Waals surface area contributed by atoms with E-state index in [4.69, 9.17) is 18.0 Å². The smallest absolute Gasteiger partial charge is 0.237 e. The van der Waals surface area contributed by atoms with E-state index in [0.29, 0.717) is 12.8 Å². The van der Waals surface area contributed by atoms with Gasteiger partial charge in [0.2, 0.25) is 5.91 Å². The molecule has 1 saturated carbocycles. The minimum absolute atomic E-state index is 0.0695. The monoisotopic (exact) mass is 270 g/mol. The zero-order valence-electron chi connectivity index (χ0n) is 9.50. The predicted octanol–water partition coefficient (Wildman–Crippen LogP) is 2.36. The molecule has 3 nitrogen and oxygen atoms in total. The van der Waals surface area contributed by atoms with Gasteiger partial charge in [0.05, 0.1) is 10.4 Å². The number of hydrogen-bond acceptors (Lipinski definition) is 2. The Hall–Kier alpha value is -1.56. The minimum atomic E-state index is -0.863. The number of carbonyl (C=O) groups is 1. The van der Waals surface area contributed by atoms with Gasteiger partial charge in [-0.3, -0.25) is 4.79 Å². The first-order valence-electron chi connectivity index (χ1n) is 5.51. The van der Waals surface area contributed by atoms with E-state index in [0.717, 1.165) is 24.6 Å². The van der Waals surface area contributed by atoms with Gasteiger partial charge in [0.1, 0.15) is 11.6 Å². The summed E-state index contributed by atoms with van der Waals surface area (Å²) in [6.07, 6.45) is 2.01. The van der Waals surface area contributed by atoms with Gasteiger partial charge in [0.25, 0.3) is 0 Å². The molecular weight excluding hydrogens is 258 g/mol. The molecule has 0 saturated heterocycles. The molecule has 0 aromatic heterocycles. The Bertz CT molecular complexity index is 495. The van der Waals surface area contributed by atoms with E-state index in [1.165, 1.54) is 0 Å². The topological polar surface area (TPSA) is 55.1 Å². The van der Waals surface area contributed by atoms with Crippen LogP contribution < -0.4 is 11.1 Å². The number of thiocarbonyl (C=S) groups is 1. The Balaban J connectivity index is 2.18. The maximum atomic E-state index is 13.0. The standard InChI is InChI=1S/C12H12F2N2OS/c13-7-4-8(14)6-9(5-7)16-11(17)12(10(15)18)2-1-3-12/h4-6H,1-3H2,(H2,15,18)(H,16,17). The van der Waals surface area contributed by atoms with E-state index >= 15 is 0 Å². The number of hydrogen-bond donors (Lipinski definition) is 2. The van der Waals surface area contributed by atoms with Gasteiger partial charge in [0, 0.05) is 11.8 Å². The predicted molar refractivity (Wildman–Crippen MR) is 68.1 cm³/mol. The second-order valence-electron chi connectivity index (χ2n) is 4.41. The molecule has 1 amide bonds. The Morgan fingerprint density at radius 1 is 1.28 bits per heavy atom. The fourth-order valence-electron chi connectivity index (χ4n) is 1.99. The number of anilines is 1. The molecular formula is C12H12F2N2OS. The van der Waals surface area contributed by atoms with E-state index < -0.39 is 23.0 Å². The molecule has 0 bridgehead atoms. The molecule has 6 heteroatoms. The van der Waals surface area contributed by atoms with Crippen molar-refractivity contribution in [2.24, 2.45) is 11.1 Å². The second-order valence-corrected chi connectivity index (χ2v) is 4.85. The third kappa shape index (κ3) is 2.20. The highest BCUT2D eigenvalue weighted by molar-refractivity contribution is 7.80. The zero-order chi connectivity index (χ0) is 13.3. The Kier molecular flexibility index (Phi) is 3.30. The summed E-state index contributed by atoms with van der Waals surface area (Å²) in [6, 6.07) is 2.84. The molecule has 96 valence electrons. The van der Waals surface area contributed by atoms with Crippen molar-refractivity contribution in [1.29, 1.82) is 0 Å². The Labute approximate surface area is 108 Å². The van der Waals surface area contributed by atoms with Crippen LogP contribution in [0.25, 0.3) is 0 Å². The van der Waals surface area contributed by atoms with Crippen LogP contribution in [0.3, 0.4) is 0 Å². The summed E-state index contributed by atoms with van der Waals surface area (Å²) in [5.41, 5.74) is 4.78. The van der Waals surface area contributed by atoms with Crippen LogP contribution in [0.1, 0.15) is 19.3 Å². The number of nitrogens with one attached hydrogen (secondary N) is 1. The lowest BCUT2D eigenvalue weighted by molar-refractivity contribution is -0.125. The normalized spacial score (nSPS) is 16.8. The maximum absolute atomic E-state index is 13.0. The molecule has 0 heterocycles. The summed E-state index contributed by atoms with van der Waals surface area (Å²) >= 11 is 4.89. The van der Waals surface area contributed by atoms with Crippen LogP contribution in [0.15, 0.2) is 18.2 Å². The van der Waals surface area contributed by atoms with Crippen LogP contribution in [-0.2, 0) is 4.79 Å².